The van der Waals surface area contributed by atoms with Crippen molar-refractivity contribution >= 4 is 11.6 Å². The maximum Gasteiger partial charge on any atom is 0.247 e. The molecule has 0 bridgehead atoms. The molecule has 3 heteroatoms. The summed E-state index contributed by atoms with van der Waals surface area (Å²) < 4.78 is 0. The summed E-state index contributed by atoms with van der Waals surface area (Å²) in [6, 6.07) is 18.0. The van der Waals surface area contributed by atoms with E-state index in [2.05, 4.69) is 17.6 Å². The normalized spacial score (nSPS) is 15.3. The lowest BCUT2D eigenvalue weighted by molar-refractivity contribution is -0.122. The first-order valence-corrected chi connectivity index (χ1v) is 7.41. The Kier molecular flexibility index (Phi) is 3.91. The van der Waals surface area contributed by atoms with E-state index in [4.69, 9.17) is 0 Å². The second kappa shape index (κ2) is 6.00. The molecule has 0 saturated heterocycles. The van der Waals surface area contributed by atoms with Crippen LogP contribution in [0.15, 0.2) is 54.6 Å². The van der Waals surface area contributed by atoms with Gasteiger partial charge in [-0.2, -0.15) is 0 Å². The number of carbonyl (C=O) groups excluding carboxylic acids is 1. The van der Waals surface area contributed by atoms with Gasteiger partial charge in [0.05, 0.1) is 0 Å². The van der Waals surface area contributed by atoms with Gasteiger partial charge < -0.3 is 10.6 Å². The molecule has 0 unspecified atom stereocenters. The molecule has 0 heterocycles. The molecule has 0 aliphatic heterocycles. The summed E-state index contributed by atoms with van der Waals surface area (Å²) >= 11 is 0. The van der Waals surface area contributed by atoms with E-state index in [-0.39, 0.29) is 11.9 Å². The van der Waals surface area contributed by atoms with E-state index in [0.29, 0.717) is 6.04 Å². The first-order chi connectivity index (χ1) is 10.2. The van der Waals surface area contributed by atoms with Gasteiger partial charge in [0, 0.05) is 11.7 Å². The van der Waals surface area contributed by atoms with Crippen molar-refractivity contribution in [2.45, 2.75) is 31.8 Å². The number of aryl methyl sites for hydroxylation is 1. The second-order valence-electron chi connectivity index (χ2n) is 5.64. The Morgan fingerprint density at radius 2 is 1.71 bits per heavy atom. The average Bonchev–Trinajstić information content (AvgIpc) is 3.31. The van der Waals surface area contributed by atoms with Gasteiger partial charge in [0.2, 0.25) is 5.91 Å². The Labute approximate surface area is 125 Å². The number of hydrogen-bond donors (Lipinski definition) is 2. The quantitative estimate of drug-likeness (QED) is 0.881. The Morgan fingerprint density at radius 3 is 2.33 bits per heavy atom. The minimum atomic E-state index is -0.352. The topological polar surface area (TPSA) is 41.1 Å². The van der Waals surface area contributed by atoms with E-state index in [0.717, 1.165) is 24.1 Å². The summed E-state index contributed by atoms with van der Waals surface area (Å²) in [5.41, 5.74) is 3.15. The van der Waals surface area contributed by atoms with Gasteiger partial charge >= 0.3 is 0 Å². The van der Waals surface area contributed by atoms with Crippen molar-refractivity contribution in [3.63, 3.8) is 0 Å². The Morgan fingerprint density at radius 1 is 1.05 bits per heavy atom. The third-order valence-electron chi connectivity index (χ3n) is 3.68. The van der Waals surface area contributed by atoms with E-state index < -0.39 is 0 Å². The zero-order valence-electron chi connectivity index (χ0n) is 12.2. The van der Waals surface area contributed by atoms with Crippen LogP contribution in [0.25, 0.3) is 0 Å². The monoisotopic (exact) mass is 280 g/mol. The van der Waals surface area contributed by atoms with E-state index >= 15 is 0 Å². The van der Waals surface area contributed by atoms with Gasteiger partial charge in [-0.3, -0.25) is 4.79 Å². The molecule has 0 radical (unpaired) electrons. The lowest BCUT2D eigenvalue weighted by atomic mass is 10.1. The third-order valence-corrected chi connectivity index (χ3v) is 3.68. The highest BCUT2D eigenvalue weighted by Crippen LogP contribution is 2.24. The molecule has 1 saturated carbocycles. The minimum absolute atomic E-state index is 0.0456. The van der Waals surface area contributed by atoms with Gasteiger partial charge in [0.25, 0.3) is 0 Å². The van der Waals surface area contributed by atoms with E-state index in [1.807, 2.05) is 54.6 Å². The Balaban J connectivity index is 1.80. The predicted octanol–water partition coefficient (Wildman–Crippen LogP) is 3.43. The molecule has 1 fully saturated rings. The predicted molar refractivity (Wildman–Crippen MR) is 85.1 cm³/mol. The highest BCUT2D eigenvalue weighted by molar-refractivity contribution is 5.86. The molecule has 0 spiro atoms. The molecule has 1 amide bonds. The van der Waals surface area contributed by atoms with Gasteiger partial charge in [0.1, 0.15) is 6.04 Å². The summed E-state index contributed by atoms with van der Waals surface area (Å²) in [5, 5.41) is 6.43. The van der Waals surface area contributed by atoms with Crippen LogP contribution in [-0.4, -0.2) is 11.9 Å². The van der Waals surface area contributed by atoms with E-state index in [1.165, 1.54) is 5.56 Å². The maximum absolute atomic E-state index is 12.5. The van der Waals surface area contributed by atoms with Gasteiger partial charge in [-0.05, 0) is 37.5 Å². The summed E-state index contributed by atoms with van der Waals surface area (Å²) in [6.07, 6.45) is 2.19. The number of carbonyl (C=O) groups is 1. The largest absolute Gasteiger partial charge is 0.370 e. The molecular weight excluding hydrogens is 260 g/mol. The number of amides is 1. The Hall–Kier alpha value is -2.29. The van der Waals surface area contributed by atoms with Gasteiger partial charge in [-0.15, -0.1) is 0 Å². The molecule has 108 valence electrons. The zero-order chi connectivity index (χ0) is 14.7. The fourth-order valence-electron chi connectivity index (χ4n) is 2.27. The van der Waals surface area contributed by atoms with Crippen LogP contribution in [0, 0.1) is 6.92 Å². The first kappa shape index (κ1) is 13.7. The molecule has 2 aromatic rings. The molecule has 21 heavy (non-hydrogen) atoms. The fourth-order valence-corrected chi connectivity index (χ4v) is 2.27. The van der Waals surface area contributed by atoms with Crippen LogP contribution in [0.2, 0.25) is 0 Å². The first-order valence-electron chi connectivity index (χ1n) is 7.41. The Bertz CT molecular complexity index is 603. The molecule has 1 atom stereocenters. The van der Waals surface area contributed by atoms with Crippen LogP contribution in [0.1, 0.15) is 30.0 Å². The van der Waals surface area contributed by atoms with Crippen molar-refractivity contribution in [2.75, 3.05) is 5.32 Å². The van der Waals surface area contributed by atoms with Crippen molar-refractivity contribution in [3.05, 3.63) is 65.7 Å². The van der Waals surface area contributed by atoms with Crippen molar-refractivity contribution in [1.82, 2.24) is 5.32 Å². The lowest BCUT2D eigenvalue weighted by Gasteiger charge is -2.20. The second-order valence-corrected chi connectivity index (χ2v) is 5.64. The van der Waals surface area contributed by atoms with Crippen LogP contribution in [0.4, 0.5) is 5.69 Å². The molecule has 2 N–H and O–H groups in total. The van der Waals surface area contributed by atoms with Crippen LogP contribution < -0.4 is 10.6 Å². The molecule has 3 rings (SSSR count). The van der Waals surface area contributed by atoms with Crippen molar-refractivity contribution in [1.29, 1.82) is 0 Å². The zero-order valence-corrected chi connectivity index (χ0v) is 12.2. The number of rotatable bonds is 5. The van der Waals surface area contributed by atoms with Crippen LogP contribution in [0.5, 0.6) is 0 Å². The standard InChI is InChI=1S/C18H20N2O/c1-13-7-9-15(10-8-13)19-17(14-5-3-2-4-6-14)18(21)20-16-11-12-16/h2-10,16-17,19H,11-12H2,1H3,(H,20,21)/t17-/m0/s1. The minimum Gasteiger partial charge on any atom is -0.370 e. The number of anilines is 1. The highest BCUT2D eigenvalue weighted by Gasteiger charge is 2.28. The lowest BCUT2D eigenvalue weighted by Crippen LogP contribution is -2.34. The molecule has 0 aromatic heterocycles. The molecule has 3 nitrogen and oxygen atoms in total. The van der Waals surface area contributed by atoms with Crippen LogP contribution in [-0.2, 0) is 4.79 Å². The summed E-state index contributed by atoms with van der Waals surface area (Å²) in [5.74, 6) is 0.0456. The summed E-state index contributed by atoms with van der Waals surface area (Å²) in [7, 11) is 0. The molecule has 1 aliphatic carbocycles. The number of hydrogen-bond acceptors (Lipinski definition) is 2. The van der Waals surface area contributed by atoms with E-state index in [1.54, 1.807) is 0 Å². The van der Waals surface area contributed by atoms with E-state index in [9.17, 15) is 4.79 Å². The molecule has 1 aliphatic rings. The molecular formula is C18H20N2O. The summed E-state index contributed by atoms with van der Waals surface area (Å²) in [6.45, 7) is 2.05. The van der Waals surface area contributed by atoms with Crippen molar-refractivity contribution < 1.29 is 4.79 Å². The van der Waals surface area contributed by atoms with Crippen molar-refractivity contribution in [3.8, 4) is 0 Å². The highest BCUT2D eigenvalue weighted by atomic mass is 16.2. The maximum atomic E-state index is 12.5. The van der Waals surface area contributed by atoms with Gasteiger partial charge in [0.15, 0.2) is 0 Å². The average molecular weight is 280 g/mol. The smallest absolute Gasteiger partial charge is 0.247 e. The third kappa shape index (κ3) is 3.63. The van der Waals surface area contributed by atoms with Gasteiger partial charge in [-0.25, -0.2) is 0 Å². The van der Waals surface area contributed by atoms with Gasteiger partial charge in [-0.1, -0.05) is 48.0 Å². The molecule has 2 aromatic carbocycles. The summed E-state index contributed by atoms with van der Waals surface area (Å²) in [4.78, 5) is 12.5. The van der Waals surface area contributed by atoms with Crippen molar-refractivity contribution in [2.24, 2.45) is 0 Å². The van der Waals surface area contributed by atoms with Crippen LogP contribution >= 0.6 is 0 Å². The van der Waals surface area contributed by atoms with Crippen LogP contribution in [0.3, 0.4) is 0 Å². The number of benzene rings is 2. The number of nitrogens with one attached hydrogen (secondary N) is 2. The SMILES string of the molecule is Cc1ccc(N[C@H](C(=O)NC2CC2)c2ccccc2)cc1. The fraction of sp³-hybridized carbons (Fsp3) is 0.278.